The van der Waals surface area contributed by atoms with Crippen LogP contribution in [0.25, 0.3) is 0 Å². The van der Waals surface area contributed by atoms with Crippen LogP contribution in [0.15, 0.2) is 40.4 Å². The zero-order valence-corrected chi connectivity index (χ0v) is 9.80. The van der Waals surface area contributed by atoms with Gasteiger partial charge in [0.1, 0.15) is 0 Å². The van der Waals surface area contributed by atoms with Crippen molar-refractivity contribution in [3.63, 3.8) is 0 Å². The van der Waals surface area contributed by atoms with Crippen molar-refractivity contribution in [2.75, 3.05) is 6.54 Å². The lowest BCUT2D eigenvalue weighted by molar-refractivity contribution is 0.767. The molecular formula is C11H18N6. The molecule has 6 heteroatoms. The third-order valence-electron chi connectivity index (χ3n) is 2.20. The van der Waals surface area contributed by atoms with Crippen LogP contribution in [0.5, 0.6) is 0 Å². The first-order valence-corrected chi connectivity index (χ1v) is 5.29. The topological polar surface area (TPSA) is 115 Å². The Morgan fingerprint density at radius 1 is 1.24 bits per heavy atom. The number of rotatable bonds is 4. The van der Waals surface area contributed by atoms with Crippen LogP contribution < -0.4 is 22.6 Å². The van der Waals surface area contributed by atoms with Crippen molar-refractivity contribution in [3.8, 4) is 0 Å². The second-order valence-electron chi connectivity index (χ2n) is 3.69. The molecule has 17 heavy (non-hydrogen) atoms. The molecule has 1 aromatic carbocycles. The third-order valence-corrected chi connectivity index (χ3v) is 2.20. The minimum Gasteiger partial charge on any atom is -0.369 e. The number of hydrogen-bond acceptors (Lipinski definition) is 2. The van der Waals surface area contributed by atoms with Crippen LogP contribution in [0.3, 0.4) is 0 Å². The molecular weight excluding hydrogens is 216 g/mol. The first-order chi connectivity index (χ1) is 8.09. The van der Waals surface area contributed by atoms with E-state index in [0.29, 0.717) is 6.54 Å². The number of aliphatic imine (C=N–C) groups is 1. The van der Waals surface area contributed by atoms with Gasteiger partial charge in [0.15, 0.2) is 0 Å². The Balaban J connectivity index is 2.50. The maximum Gasteiger partial charge on any atom is 0.209 e. The number of nitrogens with zero attached hydrogens (tertiary/aromatic N) is 2. The molecule has 0 aromatic heterocycles. The molecule has 0 aliphatic carbocycles. The maximum atomic E-state index is 5.57. The van der Waals surface area contributed by atoms with E-state index in [1.54, 1.807) is 0 Å². The summed E-state index contributed by atoms with van der Waals surface area (Å²) in [4.78, 5) is 4.14. The Morgan fingerprint density at radius 3 is 2.47 bits per heavy atom. The highest BCUT2D eigenvalue weighted by molar-refractivity contribution is 5.81. The van der Waals surface area contributed by atoms with E-state index < -0.39 is 0 Å². The maximum absolute atomic E-state index is 5.57. The van der Waals surface area contributed by atoms with E-state index in [4.69, 9.17) is 17.2 Å². The zero-order chi connectivity index (χ0) is 12.7. The summed E-state index contributed by atoms with van der Waals surface area (Å²) >= 11 is 0. The summed E-state index contributed by atoms with van der Waals surface area (Å²) in [5.41, 5.74) is 19.5. The molecule has 92 valence electrons. The van der Waals surface area contributed by atoms with Gasteiger partial charge in [0.05, 0.1) is 0 Å². The van der Waals surface area contributed by atoms with E-state index in [0.717, 1.165) is 0 Å². The van der Waals surface area contributed by atoms with Gasteiger partial charge in [-0.2, -0.15) is 0 Å². The van der Waals surface area contributed by atoms with Gasteiger partial charge in [0.25, 0.3) is 0 Å². The van der Waals surface area contributed by atoms with E-state index in [1.165, 1.54) is 5.56 Å². The number of guanidine groups is 2. The number of nitrogens with two attached hydrogens (primary N) is 3. The van der Waals surface area contributed by atoms with Crippen LogP contribution in [-0.2, 0) is 0 Å². The Labute approximate surface area is 101 Å². The molecule has 1 rings (SSSR count). The molecule has 0 spiro atoms. The fraction of sp³-hybridized carbons (Fsp3) is 0.273. The molecule has 0 bridgehead atoms. The Bertz CT molecular complexity index is 394. The lowest BCUT2D eigenvalue weighted by Crippen LogP contribution is -2.33. The van der Waals surface area contributed by atoms with Gasteiger partial charge < -0.3 is 17.2 Å². The Hall–Kier alpha value is -2.24. The molecule has 6 nitrogen and oxygen atoms in total. The predicted molar refractivity (Wildman–Crippen MR) is 70.3 cm³/mol. The van der Waals surface area contributed by atoms with Crippen LogP contribution in [-0.4, -0.2) is 18.5 Å². The zero-order valence-electron chi connectivity index (χ0n) is 9.80. The van der Waals surface area contributed by atoms with Crippen molar-refractivity contribution in [1.82, 2.24) is 5.43 Å². The highest BCUT2D eigenvalue weighted by atomic mass is 15.4. The number of hydrogen-bond donors (Lipinski definition) is 4. The highest BCUT2D eigenvalue weighted by Gasteiger charge is 2.03. The van der Waals surface area contributed by atoms with Crippen LogP contribution in [0.4, 0.5) is 0 Å². The summed E-state index contributed by atoms with van der Waals surface area (Å²) in [5, 5.41) is 3.54. The van der Waals surface area contributed by atoms with Crippen LogP contribution in [0.1, 0.15) is 18.4 Å². The fourth-order valence-corrected chi connectivity index (χ4v) is 1.28. The van der Waals surface area contributed by atoms with Crippen molar-refractivity contribution >= 4 is 11.9 Å². The van der Waals surface area contributed by atoms with Crippen molar-refractivity contribution in [2.45, 2.75) is 12.8 Å². The van der Waals surface area contributed by atoms with Crippen molar-refractivity contribution < 1.29 is 0 Å². The number of hydrazone groups is 1. The first kappa shape index (κ1) is 12.8. The lowest BCUT2D eigenvalue weighted by atomic mass is 10.0. The molecule has 1 atom stereocenters. The van der Waals surface area contributed by atoms with Gasteiger partial charge in [-0.05, 0) is 5.56 Å². The van der Waals surface area contributed by atoms with Crippen molar-refractivity contribution in [3.05, 3.63) is 35.9 Å². The number of benzene rings is 1. The monoisotopic (exact) mass is 234 g/mol. The van der Waals surface area contributed by atoms with Gasteiger partial charge >= 0.3 is 0 Å². The summed E-state index contributed by atoms with van der Waals surface area (Å²) in [6.07, 6.45) is 0. The van der Waals surface area contributed by atoms with Crippen molar-refractivity contribution in [2.24, 2.45) is 27.3 Å². The van der Waals surface area contributed by atoms with E-state index in [1.807, 2.05) is 18.2 Å². The molecule has 7 N–H and O–H groups in total. The van der Waals surface area contributed by atoms with Gasteiger partial charge in [-0.3, -0.25) is 4.99 Å². The minimum absolute atomic E-state index is 0.0840. The molecule has 0 saturated carbocycles. The molecule has 0 aliphatic rings. The summed E-state index contributed by atoms with van der Waals surface area (Å²) in [5.74, 6) is 0.399. The molecule has 1 aromatic rings. The predicted octanol–water partition coefficient (Wildman–Crippen LogP) is -0.117. The second kappa shape index (κ2) is 6.37. The third kappa shape index (κ3) is 4.87. The van der Waals surface area contributed by atoms with Gasteiger partial charge in [0, 0.05) is 12.5 Å². The molecule has 0 saturated heterocycles. The smallest absolute Gasteiger partial charge is 0.209 e. The quantitative estimate of drug-likeness (QED) is 0.330. The van der Waals surface area contributed by atoms with Gasteiger partial charge in [-0.1, -0.05) is 37.3 Å². The lowest BCUT2D eigenvalue weighted by Gasteiger charge is -2.09. The van der Waals surface area contributed by atoms with Crippen LogP contribution in [0.2, 0.25) is 0 Å². The average molecular weight is 234 g/mol. The normalized spacial score (nSPS) is 12.9. The Kier molecular flexibility index (Phi) is 4.80. The SMILES string of the molecule is CC(CN=C(N)NN=C(N)N)c1ccccc1. The molecule has 0 heterocycles. The van der Waals surface area contributed by atoms with Gasteiger partial charge in [-0.25, -0.2) is 5.43 Å². The standard InChI is InChI=1S/C11H18N6/c1-8(9-5-3-2-4-6-9)7-15-11(14)17-16-10(12)13/h2-6,8H,7H2,1H3,(H4,12,13,16)(H3,14,15,17). The molecule has 0 fully saturated rings. The molecule has 1 unspecified atom stereocenters. The van der Waals surface area contributed by atoms with Crippen LogP contribution in [0, 0.1) is 0 Å². The van der Waals surface area contributed by atoms with Gasteiger partial charge in [0.2, 0.25) is 11.9 Å². The van der Waals surface area contributed by atoms with E-state index in [-0.39, 0.29) is 17.8 Å². The van der Waals surface area contributed by atoms with E-state index in [2.05, 4.69) is 34.6 Å². The first-order valence-electron chi connectivity index (χ1n) is 5.29. The molecule has 0 amide bonds. The summed E-state index contributed by atoms with van der Waals surface area (Å²) in [6, 6.07) is 10.1. The summed E-state index contributed by atoms with van der Waals surface area (Å²) < 4.78 is 0. The minimum atomic E-state index is -0.0840. The van der Waals surface area contributed by atoms with E-state index in [9.17, 15) is 0 Å². The van der Waals surface area contributed by atoms with Gasteiger partial charge in [-0.15, -0.1) is 5.10 Å². The number of nitrogens with one attached hydrogen (secondary N) is 1. The molecule has 0 aliphatic heterocycles. The second-order valence-corrected chi connectivity index (χ2v) is 3.69. The van der Waals surface area contributed by atoms with Crippen molar-refractivity contribution in [1.29, 1.82) is 0 Å². The fourth-order valence-electron chi connectivity index (χ4n) is 1.28. The average Bonchev–Trinajstić information content (AvgIpc) is 2.34. The summed E-state index contributed by atoms with van der Waals surface area (Å²) in [6.45, 7) is 2.65. The van der Waals surface area contributed by atoms with E-state index >= 15 is 0 Å². The highest BCUT2D eigenvalue weighted by Crippen LogP contribution is 2.14. The summed E-state index contributed by atoms with van der Waals surface area (Å²) in [7, 11) is 0. The largest absolute Gasteiger partial charge is 0.369 e. The van der Waals surface area contributed by atoms with Crippen LogP contribution >= 0.6 is 0 Å². The molecule has 0 radical (unpaired) electrons. The Morgan fingerprint density at radius 2 is 1.88 bits per heavy atom.